The van der Waals surface area contributed by atoms with Gasteiger partial charge in [-0.1, -0.05) is 0 Å². The molecule has 0 aliphatic rings. The van der Waals surface area contributed by atoms with E-state index in [2.05, 4.69) is 9.82 Å². The Hall–Kier alpha value is -3.78. The van der Waals surface area contributed by atoms with Gasteiger partial charge in [0.25, 0.3) is 10.0 Å². The molecule has 154 valence electrons. The highest BCUT2D eigenvalue weighted by Crippen LogP contribution is 2.33. The van der Waals surface area contributed by atoms with Crippen LogP contribution >= 0.6 is 0 Å². The molecule has 0 unspecified atom stereocenters. The van der Waals surface area contributed by atoms with Gasteiger partial charge in [0.05, 0.1) is 18.7 Å². The molecule has 0 radical (unpaired) electrons. The quantitative estimate of drug-likeness (QED) is 0.620. The van der Waals surface area contributed by atoms with E-state index in [0.717, 1.165) is 42.1 Å². The number of hydrogen-bond donors (Lipinski definition) is 1. The predicted octanol–water partition coefficient (Wildman–Crippen LogP) is 2.82. The van der Waals surface area contributed by atoms with E-state index in [4.69, 9.17) is 10.00 Å². The molecule has 0 aliphatic carbocycles. The van der Waals surface area contributed by atoms with Gasteiger partial charge in [-0.15, -0.1) is 0 Å². The third-order valence-corrected chi connectivity index (χ3v) is 5.51. The Kier molecular flexibility index (Phi) is 5.53. The number of benzene rings is 2. The van der Waals surface area contributed by atoms with Crippen molar-refractivity contribution in [1.82, 2.24) is 9.78 Å². The lowest BCUT2D eigenvalue weighted by Crippen LogP contribution is -2.18. The molecule has 1 heterocycles. The SMILES string of the molecule is COC(=O)c1c(NS(=O)(=O)c2ccc(C#N)cc2F)c(-c2ccc(F)cc2)nn1C. The van der Waals surface area contributed by atoms with E-state index in [9.17, 15) is 22.0 Å². The van der Waals surface area contributed by atoms with E-state index in [1.807, 2.05) is 0 Å². The third-order valence-electron chi connectivity index (χ3n) is 4.13. The topological polar surface area (TPSA) is 114 Å². The second kappa shape index (κ2) is 7.92. The predicted molar refractivity (Wildman–Crippen MR) is 102 cm³/mol. The summed E-state index contributed by atoms with van der Waals surface area (Å²) in [6.07, 6.45) is 0. The number of methoxy groups -OCH3 is 1. The molecule has 11 heteroatoms. The largest absolute Gasteiger partial charge is 0.464 e. The number of hydrogen-bond acceptors (Lipinski definition) is 6. The first-order valence-electron chi connectivity index (χ1n) is 8.31. The molecule has 2 aromatic carbocycles. The van der Waals surface area contributed by atoms with E-state index in [-0.39, 0.29) is 22.6 Å². The molecule has 3 aromatic rings. The highest BCUT2D eigenvalue weighted by molar-refractivity contribution is 7.92. The van der Waals surface area contributed by atoms with E-state index in [1.165, 1.54) is 19.2 Å². The van der Waals surface area contributed by atoms with Crippen LogP contribution in [0.25, 0.3) is 11.3 Å². The van der Waals surface area contributed by atoms with Crippen molar-refractivity contribution < 1.29 is 26.7 Å². The molecule has 0 bridgehead atoms. The second-order valence-corrected chi connectivity index (χ2v) is 7.71. The van der Waals surface area contributed by atoms with Crippen LogP contribution in [0.15, 0.2) is 47.4 Å². The van der Waals surface area contributed by atoms with Crippen LogP contribution in [0.1, 0.15) is 16.1 Å². The molecule has 8 nitrogen and oxygen atoms in total. The number of nitriles is 1. The maximum atomic E-state index is 14.3. The first kappa shape index (κ1) is 20.9. The van der Waals surface area contributed by atoms with Crippen LogP contribution in [0, 0.1) is 23.0 Å². The molecule has 0 spiro atoms. The number of nitrogens with one attached hydrogen (secondary N) is 1. The Morgan fingerprint density at radius 1 is 1.20 bits per heavy atom. The highest BCUT2D eigenvalue weighted by Gasteiger charge is 2.29. The van der Waals surface area contributed by atoms with Crippen LogP contribution < -0.4 is 4.72 Å². The van der Waals surface area contributed by atoms with Gasteiger partial charge in [0.15, 0.2) is 5.69 Å². The van der Waals surface area contributed by atoms with E-state index in [0.29, 0.717) is 5.56 Å². The van der Waals surface area contributed by atoms with E-state index < -0.39 is 32.5 Å². The molecule has 1 aromatic heterocycles. The summed E-state index contributed by atoms with van der Waals surface area (Å²) in [5, 5.41) is 13.0. The number of carbonyl (C=O) groups excluding carboxylic acids is 1. The third kappa shape index (κ3) is 3.85. The number of aryl methyl sites for hydroxylation is 1. The number of nitrogens with zero attached hydrogens (tertiary/aromatic N) is 3. The summed E-state index contributed by atoms with van der Waals surface area (Å²) in [6, 6.07) is 9.53. The number of rotatable bonds is 5. The molecular weight excluding hydrogens is 418 g/mol. The summed E-state index contributed by atoms with van der Waals surface area (Å²) >= 11 is 0. The van der Waals surface area contributed by atoms with Crippen molar-refractivity contribution >= 4 is 21.7 Å². The van der Waals surface area contributed by atoms with Gasteiger partial charge in [-0.25, -0.2) is 22.0 Å². The molecule has 0 saturated carbocycles. The minimum Gasteiger partial charge on any atom is -0.464 e. The van der Waals surface area contributed by atoms with Crippen molar-refractivity contribution in [3.63, 3.8) is 0 Å². The number of sulfonamides is 1. The maximum Gasteiger partial charge on any atom is 0.358 e. The zero-order valence-corrected chi connectivity index (χ0v) is 16.5. The summed E-state index contributed by atoms with van der Waals surface area (Å²) in [4.78, 5) is 11.5. The van der Waals surface area contributed by atoms with Gasteiger partial charge >= 0.3 is 5.97 Å². The fourth-order valence-corrected chi connectivity index (χ4v) is 3.87. The lowest BCUT2D eigenvalue weighted by Gasteiger charge is -2.11. The first-order valence-corrected chi connectivity index (χ1v) is 9.80. The lowest BCUT2D eigenvalue weighted by molar-refractivity contribution is 0.0589. The summed E-state index contributed by atoms with van der Waals surface area (Å²) in [5.74, 6) is -2.56. The minimum absolute atomic E-state index is 0.00975. The molecule has 0 fully saturated rings. The van der Waals surface area contributed by atoms with Crippen molar-refractivity contribution in [1.29, 1.82) is 5.26 Å². The van der Waals surface area contributed by atoms with Gasteiger partial charge in [0, 0.05) is 12.6 Å². The molecule has 0 aliphatic heterocycles. The molecule has 1 N–H and O–H groups in total. The summed E-state index contributed by atoms with van der Waals surface area (Å²) in [5.41, 5.74) is -0.250. The smallest absolute Gasteiger partial charge is 0.358 e. The molecule has 0 saturated heterocycles. The van der Waals surface area contributed by atoms with Crippen molar-refractivity contribution in [2.45, 2.75) is 4.90 Å². The van der Waals surface area contributed by atoms with Gasteiger partial charge in [0.1, 0.15) is 27.9 Å². The molecule has 3 rings (SSSR count). The molecule has 0 atom stereocenters. The number of anilines is 1. The maximum absolute atomic E-state index is 14.3. The number of carbonyl (C=O) groups is 1. The summed E-state index contributed by atoms with van der Waals surface area (Å²) < 4.78 is 61.3. The van der Waals surface area contributed by atoms with E-state index >= 15 is 0 Å². The minimum atomic E-state index is -4.53. The average Bonchev–Trinajstić information content (AvgIpc) is 3.02. The fourth-order valence-electron chi connectivity index (χ4n) is 2.74. The Bertz CT molecular complexity index is 1280. The van der Waals surface area contributed by atoms with Crippen LogP contribution in [0.4, 0.5) is 14.5 Å². The number of aromatic nitrogens is 2. The highest BCUT2D eigenvalue weighted by atomic mass is 32.2. The van der Waals surface area contributed by atoms with Crippen molar-refractivity contribution in [3.8, 4) is 17.3 Å². The van der Waals surface area contributed by atoms with Gasteiger partial charge in [-0.05, 0) is 42.5 Å². The zero-order valence-electron chi connectivity index (χ0n) is 15.7. The number of halogens is 2. The Labute approximate surface area is 170 Å². The van der Waals surface area contributed by atoms with E-state index in [1.54, 1.807) is 6.07 Å². The Morgan fingerprint density at radius 3 is 2.43 bits per heavy atom. The monoisotopic (exact) mass is 432 g/mol. The fraction of sp³-hybridized carbons (Fsp3) is 0.105. The summed E-state index contributed by atoms with van der Waals surface area (Å²) in [7, 11) is -2.04. The summed E-state index contributed by atoms with van der Waals surface area (Å²) in [6.45, 7) is 0. The number of esters is 1. The zero-order chi connectivity index (χ0) is 22.1. The van der Waals surface area contributed by atoms with Crippen LogP contribution in [-0.2, 0) is 21.8 Å². The molecular formula is C19H14F2N4O4S. The molecule has 0 amide bonds. The Morgan fingerprint density at radius 2 is 1.87 bits per heavy atom. The Balaban J connectivity index is 2.17. The first-order chi connectivity index (χ1) is 14.2. The molecule has 30 heavy (non-hydrogen) atoms. The van der Waals surface area contributed by atoms with Crippen LogP contribution in [0.2, 0.25) is 0 Å². The van der Waals surface area contributed by atoms with Crippen molar-refractivity contribution in [3.05, 3.63) is 65.4 Å². The second-order valence-electron chi connectivity index (χ2n) is 6.06. The van der Waals surface area contributed by atoms with Gasteiger partial charge in [-0.3, -0.25) is 9.40 Å². The standard InChI is InChI=1S/C19H14F2N4O4S/c1-25-18(19(26)29-2)17(16(23-25)12-4-6-13(20)7-5-12)24-30(27,28)15-8-3-11(10-22)9-14(15)21/h3-9,24H,1-2H3. The van der Waals surface area contributed by atoms with Gasteiger partial charge in [0.2, 0.25) is 0 Å². The van der Waals surface area contributed by atoms with Crippen LogP contribution in [-0.4, -0.2) is 31.3 Å². The van der Waals surface area contributed by atoms with Crippen molar-refractivity contribution in [2.24, 2.45) is 7.05 Å². The van der Waals surface area contributed by atoms with Gasteiger partial charge in [-0.2, -0.15) is 10.4 Å². The van der Waals surface area contributed by atoms with Crippen LogP contribution in [0.3, 0.4) is 0 Å². The van der Waals surface area contributed by atoms with Gasteiger partial charge < -0.3 is 4.74 Å². The van der Waals surface area contributed by atoms with Crippen LogP contribution in [0.5, 0.6) is 0 Å². The van der Waals surface area contributed by atoms with Crippen molar-refractivity contribution in [2.75, 3.05) is 11.8 Å². The normalized spacial score (nSPS) is 11.0. The number of ether oxygens (including phenoxy) is 1. The average molecular weight is 432 g/mol. The lowest BCUT2D eigenvalue weighted by atomic mass is 10.1.